The van der Waals surface area contributed by atoms with Crippen molar-refractivity contribution >= 4 is 29.4 Å². The molecule has 2 aromatic carbocycles. The molecule has 4 rings (SSSR count). The van der Waals surface area contributed by atoms with Crippen molar-refractivity contribution in [2.75, 3.05) is 11.9 Å². The first-order valence-corrected chi connectivity index (χ1v) is 9.32. The van der Waals surface area contributed by atoms with Crippen molar-refractivity contribution in [3.05, 3.63) is 83.2 Å². The Labute approximate surface area is 172 Å². The Bertz CT molecular complexity index is 1140. The van der Waals surface area contributed by atoms with Gasteiger partial charge in [0.25, 0.3) is 0 Å². The Morgan fingerprint density at radius 3 is 2.83 bits per heavy atom. The Kier molecular flexibility index (Phi) is 5.47. The van der Waals surface area contributed by atoms with Gasteiger partial charge in [-0.05, 0) is 35.4 Å². The summed E-state index contributed by atoms with van der Waals surface area (Å²) < 4.78 is 6.67. The van der Waals surface area contributed by atoms with Gasteiger partial charge < -0.3 is 10.1 Å². The number of Topliss-reactive ketones (excluding diaryl/α,β-unsaturated/α-hetero) is 1. The number of nitrogens with zero attached hydrogens (tertiary/aromatic N) is 3. The molecule has 0 saturated heterocycles. The predicted octanol–water partition coefficient (Wildman–Crippen LogP) is 2.26. The molecule has 0 unspecified atom stereocenters. The second-order valence-electron chi connectivity index (χ2n) is 6.79. The van der Waals surface area contributed by atoms with Gasteiger partial charge in [0.05, 0.1) is 19.2 Å². The standard InChI is InChI=1S/C22H18N4O4/c27-20(16-6-8-19-17(10-16)11-21(28)23-19)14-30-22(29)9-7-18-13-26(25-24-18)12-15-4-2-1-3-5-15/h1-10,13H,11-12,14H2,(H,23,28)/b9-7+. The Morgan fingerprint density at radius 2 is 2.00 bits per heavy atom. The van der Waals surface area contributed by atoms with Crippen LogP contribution in [-0.2, 0) is 27.3 Å². The van der Waals surface area contributed by atoms with Crippen molar-refractivity contribution in [3.63, 3.8) is 0 Å². The Morgan fingerprint density at radius 1 is 1.17 bits per heavy atom. The number of ketones is 1. The van der Waals surface area contributed by atoms with Crippen LogP contribution >= 0.6 is 0 Å². The number of anilines is 1. The first kappa shape index (κ1) is 19.3. The van der Waals surface area contributed by atoms with E-state index in [1.54, 1.807) is 29.1 Å². The summed E-state index contributed by atoms with van der Waals surface area (Å²) >= 11 is 0. The van der Waals surface area contributed by atoms with E-state index in [1.165, 1.54) is 12.2 Å². The lowest BCUT2D eigenvalue weighted by molar-refractivity contribution is -0.136. The maximum atomic E-state index is 12.2. The molecule has 0 fully saturated rings. The van der Waals surface area contributed by atoms with E-state index in [2.05, 4.69) is 15.6 Å². The maximum Gasteiger partial charge on any atom is 0.331 e. The van der Waals surface area contributed by atoms with Crippen molar-refractivity contribution in [1.82, 2.24) is 15.0 Å². The van der Waals surface area contributed by atoms with Crippen LogP contribution in [0.25, 0.3) is 6.08 Å². The van der Waals surface area contributed by atoms with Gasteiger partial charge in [-0.25, -0.2) is 9.48 Å². The van der Waals surface area contributed by atoms with Crippen LogP contribution in [0.1, 0.15) is 27.2 Å². The lowest BCUT2D eigenvalue weighted by atomic mass is 10.1. The number of hydrogen-bond acceptors (Lipinski definition) is 6. The van der Waals surface area contributed by atoms with E-state index in [9.17, 15) is 14.4 Å². The number of rotatable bonds is 7. The van der Waals surface area contributed by atoms with Gasteiger partial charge in [-0.1, -0.05) is 35.5 Å². The van der Waals surface area contributed by atoms with E-state index in [-0.39, 0.29) is 24.7 Å². The van der Waals surface area contributed by atoms with E-state index >= 15 is 0 Å². The molecule has 150 valence electrons. The minimum Gasteiger partial charge on any atom is -0.454 e. The second-order valence-corrected chi connectivity index (χ2v) is 6.79. The quantitative estimate of drug-likeness (QED) is 0.369. The summed E-state index contributed by atoms with van der Waals surface area (Å²) in [6, 6.07) is 14.7. The fraction of sp³-hybridized carbons (Fsp3) is 0.136. The van der Waals surface area contributed by atoms with Crippen molar-refractivity contribution in [2.24, 2.45) is 0 Å². The highest BCUT2D eigenvalue weighted by atomic mass is 16.5. The number of amides is 1. The summed E-state index contributed by atoms with van der Waals surface area (Å²) in [5.41, 5.74) is 3.45. The summed E-state index contributed by atoms with van der Waals surface area (Å²) in [4.78, 5) is 35.6. The molecule has 1 amide bonds. The average Bonchev–Trinajstić information content (AvgIpc) is 3.35. The zero-order valence-electron chi connectivity index (χ0n) is 15.9. The van der Waals surface area contributed by atoms with Crippen molar-refractivity contribution in [2.45, 2.75) is 13.0 Å². The fourth-order valence-electron chi connectivity index (χ4n) is 3.06. The molecule has 0 radical (unpaired) electrons. The molecule has 0 aliphatic carbocycles. The lowest BCUT2D eigenvalue weighted by Crippen LogP contribution is -2.12. The van der Waals surface area contributed by atoms with Crippen molar-refractivity contribution in [3.8, 4) is 0 Å². The zero-order valence-corrected chi connectivity index (χ0v) is 15.9. The maximum absolute atomic E-state index is 12.2. The minimum atomic E-state index is -0.654. The molecule has 30 heavy (non-hydrogen) atoms. The normalized spacial score (nSPS) is 12.6. The molecule has 3 aromatic rings. The summed E-state index contributed by atoms with van der Waals surface area (Å²) in [5, 5.41) is 10.7. The number of nitrogens with one attached hydrogen (secondary N) is 1. The van der Waals surface area contributed by atoms with E-state index in [0.717, 1.165) is 11.1 Å². The van der Waals surface area contributed by atoms with Crippen LogP contribution in [0.3, 0.4) is 0 Å². The van der Waals surface area contributed by atoms with Crippen LogP contribution in [0.4, 0.5) is 5.69 Å². The first-order valence-electron chi connectivity index (χ1n) is 9.32. The molecule has 0 atom stereocenters. The number of aromatic nitrogens is 3. The largest absolute Gasteiger partial charge is 0.454 e. The third kappa shape index (κ3) is 4.67. The van der Waals surface area contributed by atoms with Crippen LogP contribution in [0, 0.1) is 0 Å². The van der Waals surface area contributed by atoms with Crippen molar-refractivity contribution in [1.29, 1.82) is 0 Å². The molecule has 1 aliphatic heterocycles. The number of benzene rings is 2. The van der Waals surface area contributed by atoms with Crippen LogP contribution in [0.5, 0.6) is 0 Å². The van der Waals surface area contributed by atoms with E-state index in [1.807, 2.05) is 30.3 Å². The second kappa shape index (κ2) is 8.52. The summed E-state index contributed by atoms with van der Waals surface area (Å²) in [6.07, 6.45) is 4.63. The van der Waals surface area contributed by atoms with Crippen LogP contribution in [-0.4, -0.2) is 39.3 Å². The number of ether oxygens (including phenoxy) is 1. The highest BCUT2D eigenvalue weighted by molar-refractivity contribution is 6.03. The summed E-state index contributed by atoms with van der Waals surface area (Å²) in [5.74, 6) is -1.10. The molecule has 1 aliphatic rings. The average molecular weight is 402 g/mol. The van der Waals surface area contributed by atoms with Gasteiger partial charge in [0, 0.05) is 17.3 Å². The first-order chi connectivity index (χ1) is 14.6. The topological polar surface area (TPSA) is 103 Å². The van der Waals surface area contributed by atoms with E-state index in [0.29, 0.717) is 23.5 Å². The Balaban J connectivity index is 1.29. The third-order valence-electron chi connectivity index (χ3n) is 4.53. The smallest absolute Gasteiger partial charge is 0.331 e. The molecule has 0 bridgehead atoms. The highest BCUT2D eigenvalue weighted by Gasteiger charge is 2.19. The van der Waals surface area contributed by atoms with Gasteiger partial charge in [0.2, 0.25) is 5.91 Å². The fourth-order valence-corrected chi connectivity index (χ4v) is 3.06. The number of fused-ring (bicyclic) bond motifs is 1. The van der Waals surface area contributed by atoms with Gasteiger partial charge in [-0.3, -0.25) is 9.59 Å². The van der Waals surface area contributed by atoms with Crippen LogP contribution < -0.4 is 5.32 Å². The van der Waals surface area contributed by atoms with Crippen molar-refractivity contribution < 1.29 is 19.1 Å². The summed E-state index contributed by atoms with van der Waals surface area (Å²) in [7, 11) is 0. The van der Waals surface area contributed by atoms with E-state index in [4.69, 9.17) is 4.74 Å². The number of hydrogen-bond donors (Lipinski definition) is 1. The molecule has 1 N–H and O–H groups in total. The van der Waals surface area contributed by atoms with Gasteiger partial charge in [-0.2, -0.15) is 0 Å². The van der Waals surface area contributed by atoms with Gasteiger partial charge in [-0.15, -0.1) is 5.10 Å². The number of carbonyl (C=O) groups excluding carboxylic acids is 3. The molecule has 0 saturated carbocycles. The lowest BCUT2D eigenvalue weighted by Gasteiger charge is -2.04. The number of carbonyl (C=O) groups is 3. The van der Waals surface area contributed by atoms with Crippen LogP contribution in [0.15, 0.2) is 60.8 Å². The van der Waals surface area contributed by atoms with E-state index < -0.39 is 5.97 Å². The molecule has 0 spiro atoms. The SMILES string of the molecule is O=C1Cc2cc(C(=O)COC(=O)/C=C/c3cn(Cc4ccccc4)nn3)ccc2N1. The zero-order chi connectivity index (χ0) is 20.9. The summed E-state index contributed by atoms with van der Waals surface area (Å²) in [6.45, 7) is 0.187. The van der Waals surface area contributed by atoms with Gasteiger partial charge in [0.15, 0.2) is 12.4 Å². The third-order valence-corrected chi connectivity index (χ3v) is 4.53. The monoisotopic (exact) mass is 402 g/mol. The molecule has 2 heterocycles. The molecular formula is C22H18N4O4. The van der Waals surface area contributed by atoms with Gasteiger partial charge in [0.1, 0.15) is 5.69 Å². The Hall–Kier alpha value is -4.07. The number of esters is 1. The molecule has 8 nitrogen and oxygen atoms in total. The molecule has 8 heteroatoms. The minimum absolute atomic E-state index is 0.105. The van der Waals surface area contributed by atoms with Gasteiger partial charge >= 0.3 is 5.97 Å². The van der Waals surface area contributed by atoms with Crippen LogP contribution in [0.2, 0.25) is 0 Å². The highest BCUT2D eigenvalue weighted by Crippen LogP contribution is 2.24. The molecule has 1 aromatic heterocycles. The molecular weight excluding hydrogens is 384 g/mol. The predicted molar refractivity (Wildman–Crippen MR) is 109 cm³/mol.